The van der Waals surface area contributed by atoms with Crippen molar-refractivity contribution in [1.82, 2.24) is 0 Å². The minimum atomic E-state index is -0.843. The molecule has 2 rings (SSSR count). The molecule has 0 saturated heterocycles. The molecule has 0 aliphatic carbocycles. The number of benzene rings is 2. The summed E-state index contributed by atoms with van der Waals surface area (Å²) in [6.07, 6.45) is -0.796. The van der Waals surface area contributed by atoms with Crippen LogP contribution in [0.4, 0.5) is 0 Å². The van der Waals surface area contributed by atoms with Crippen molar-refractivity contribution in [3.8, 4) is 11.5 Å². The number of hydrogen-bond acceptors (Lipinski definition) is 5. The van der Waals surface area contributed by atoms with E-state index in [0.717, 1.165) is 16.7 Å². The van der Waals surface area contributed by atoms with Gasteiger partial charge in [0.15, 0.2) is 17.6 Å². The Morgan fingerprint density at radius 3 is 2.23 bits per heavy atom. The first-order valence-corrected chi connectivity index (χ1v) is 8.37. The first-order chi connectivity index (χ1) is 12.3. The second-order valence-electron chi connectivity index (χ2n) is 6.16. The standard InChI is InChI=1S/C21H24O5/c1-13-6-8-17(10-14(13)2)21(23)15(3)26-20(22)12-16-7-9-18(24-4)19(11-16)25-5/h6-11,15H,12H2,1-5H3/t15-/m0/s1. The van der Waals surface area contributed by atoms with E-state index in [-0.39, 0.29) is 12.2 Å². The van der Waals surface area contributed by atoms with Gasteiger partial charge in [-0.2, -0.15) is 0 Å². The summed E-state index contributed by atoms with van der Waals surface area (Å²) in [6, 6.07) is 10.7. The molecule has 0 spiro atoms. The van der Waals surface area contributed by atoms with Gasteiger partial charge in [-0.3, -0.25) is 9.59 Å². The van der Waals surface area contributed by atoms with Gasteiger partial charge < -0.3 is 14.2 Å². The number of methoxy groups -OCH3 is 2. The highest BCUT2D eigenvalue weighted by Gasteiger charge is 2.20. The van der Waals surface area contributed by atoms with E-state index in [9.17, 15) is 9.59 Å². The third-order valence-corrected chi connectivity index (χ3v) is 4.27. The van der Waals surface area contributed by atoms with Crippen LogP contribution in [0, 0.1) is 13.8 Å². The molecule has 138 valence electrons. The lowest BCUT2D eigenvalue weighted by Gasteiger charge is -2.14. The highest BCUT2D eigenvalue weighted by atomic mass is 16.5. The smallest absolute Gasteiger partial charge is 0.310 e. The van der Waals surface area contributed by atoms with Gasteiger partial charge in [0.2, 0.25) is 5.78 Å². The summed E-state index contributed by atoms with van der Waals surface area (Å²) in [7, 11) is 3.08. The van der Waals surface area contributed by atoms with Crippen molar-refractivity contribution in [1.29, 1.82) is 0 Å². The Kier molecular flexibility index (Phi) is 6.39. The second-order valence-corrected chi connectivity index (χ2v) is 6.16. The number of hydrogen-bond donors (Lipinski definition) is 0. The molecule has 0 N–H and O–H groups in total. The highest BCUT2D eigenvalue weighted by molar-refractivity contribution is 6.00. The Morgan fingerprint density at radius 1 is 0.923 bits per heavy atom. The summed E-state index contributed by atoms with van der Waals surface area (Å²) in [4.78, 5) is 24.7. The number of esters is 1. The molecular formula is C21H24O5. The minimum absolute atomic E-state index is 0.0465. The highest BCUT2D eigenvalue weighted by Crippen LogP contribution is 2.27. The van der Waals surface area contributed by atoms with Crippen LogP contribution in [0.5, 0.6) is 11.5 Å². The van der Waals surface area contributed by atoms with E-state index >= 15 is 0 Å². The fourth-order valence-corrected chi connectivity index (χ4v) is 2.58. The van der Waals surface area contributed by atoms with Crippen molar-refractivity contribution in [3.05, 3.63) is 58.7 Å². The van der Waals surface area contributed by atoms with Crippen LogP contribution in [0.3, 0.4) is 0 Å². The van der Waals surface area contributed by atoms with Gasteiger partial charge in [-0.05, 0) is 55.7 Å². The van der Waals surface area contributed by atoms with Crippen LogP contribution in [0.1, 0.15) is 34.0 Å². The predicted octanol–water partition coefficient (Wildman–Crippen LogP) is 3.68. The third kappa shape index (κ3) is 4.63. The number of rotatable bonds is 7. The normalized spacial score (nSPS) is 11.6. The molecule has 0 fully saturated rings. The van der Waals surface area contributed by atoms with Gasteiger partial charge in [0, 0.05) is 5.56 Å². The third-order valence-electron chi connectivity index (χ3n) is 4.27. The van der Waals surface area contributed by atoms with Gasteiger partial charge in [-0.15, -0.1) is 0 Å². The van der Waals surface area contributed by atoms with E-state index in [1.54, 1.807) is 38.3 Å². The number of ketones is 1. The fourth-order valence-electron chi connectivity index (χ4n) is 2.58. The summed E-state index contributed by atoms with van der Waals surface area (Å²) in [5.41, 5.74) is 3.40. The number of aryl methyl sites for hydroxylation is 2. The summed E-state index contributed by atoms with van der Waals surface area (Å²) >= 11 is 0. The number of carbonyl (C=O) groups excluding carboxylic acids is 2. The maximum Gasteiger partial charge on any atom is 0.310 e. The maximum atomic E-state index is 12.5. The monoisotopic (exact) mass is 356 g/mol. The lowest BCUT2D eigenvalue weighted by Crippen LogP contribution is -2.25. The molecule has 0 radical (unpaired) electrons. The summed E-state index contributed by atoms with van der Waals surface area (Å²) in [5, 5.41) is 0. The molecule has 0 saturated carbocycles. The van der Waals surface area contributed by atoms with E-state index < -0.39 is 12.1 Å². The number of carbonyl (C=O) groups is 2. The molecule has 5 nitrogen and oxygen atoms in total. The molecule has 5 heteroatoms. The van der Waals surface area contributed by atoms with Crippen LogP contribution in [0.2, 0.25) is 0 Å². The predicted molar refractivity (Wildman–Crippen MR) is 99.1 cm³/mol. The number of ether oxygens (including phenoxy) is 3. The Bertz CT molecular complexity index is 810. The van der Waals surface area contributed by atoms with Gasteiger partial charge in [0.25, 0.3) is 0 Å². The molecule has 26 heavy (non-hydrogen) atoms. The SMILES string of the molecule is COc1ccc(CC(=O)O[C@@H](C)C(=O)c2ccc(C)c(C)c2)cc1OC. The molecule has 0 amide bonds. The summed E-state index contributed by atoms with van der Waals surface area (Å²) < 4.78 is 15.7. The Hall–Kier alpha value is -2.82. The zero-order valence-corrected chi connectivity index (χ0v) is 15.8. The Balaban J connectivity index is 2.02. The van der Waals surface area contributed by atoms with Crippen molar-refractivity contribution >= 4 is 11.8 Å². The van der Waals surface area contributed by atoms with Gasteiger partial charge in [-0.25, -0.2) is 0 Å². The fraction of sp³-hybridized carbons (Fsp3) is 0.333. The van der Waals surface area contributed by atoms with Crippen molar-refractivity contribution in [2.45, 2.75) is 33.3 Å². The summed E-state index contributed by atoms with van der Waals surface area (Å²) in [5.74, 6) is 0.440. The quantitative estimate of drug-likeness (QED) is 0.559. The van der Waals surface area contributed by atoms with E-state index in [0.29, 0.717) is 17.1 Å². The molecule has 0 aromatic heterocycles. The lowest BCUT2D eigenvalue weighted by atomic mass is 10.0. The van der Waals surface area contributed by atoms with Gasteiger partial charge in [0.05, 0.1) is 20.6 Å². The van der Waals surface area contributed by atoms with Crippen LogP contribution in [0.15, 0.2) is 36.4 Å². The minimum Gasteiger partial charge on any atom is -0.493 e. The first kappa shape index (κ1) is 19.5. The molecule has 0 aliphatic heterocycles. The molecule has 0 heterocycles. The molecule has 1 atom stereocenters. The van der Waals surface area contributed by atoms with E-state index in [1.165, 1.54) is 7.11 Å². The molecule has 2 aromatic rings. The topological polar surface area (TPSA) is 61.8 Å². The molecule has 2 aromatic carbocycles. The average molecular weight is 356 g/mol. The van der Waals surface area contributed by atoms with Crippen LogP contribution in [-0.2, 0) is 16.0 Å². The van der Waals surface area contributed by atoms with E-state index in [1.807, 2.05) is 26.0 Å². The van der Waals surface area contributed by atoms with Crippen LogP contribution in [0.25, 0.3) is 0 Å². The van der Waals surface area contributed by atoms with Crippen molar-refractivity contribution in [2.75, 3.05) is 14.2 Å². The zero-order chi connectivity index (χ0) is 19.3. The van der Waals surface area contributed by atoms with E-state index in [4.69, 9.17) is 14.2 Å². The van der Waals surface area contributed by atoms with Crippen molar-refractivity contribution in [2.24, 2.45) is 0 Å². The largest absolute Gasteiger partial charge is 0.493 e. The Labute approximate surface area is 153 Å². The average Bonchev–Trinajstić information content (AvgIpc) is 2.63. The molecular weight excluding hydrogens is 332 g/mol. The van der Waals surface area contributed by atoms with Crippen molar-refractivity contribution < 1.29 is 23.8 Å². The van der Waals surface area contributed by atoms with Gasteiger partial charge in [-0.1, -0.05) is 18.2 Å². The number of Topliss-reactive ketones (excluding diaryl/α,β-unsaturated/α-hetero) is 1. The van der Waals surface area contributed by atoms with Crippen LogP contribution >= 0.6 is 0 Å². The molecule has 0 aliphatic rings. The molecule has 0 bridgehead atoms. The molecule has 0 unspecified atom stereocenters. The van der Waals surface area contributed by atoms with E-state index in [2.05, 4.69) is 0 Å². The maximum absolute atomic E-state index is 12.5. The van der Waals surface area contributed by atoms with Gasteiger partial charge >= 0.3 is 5.97 Å². The van der Waals surface area contributed by atoms with Crippen LogP contribution in [-0.4, -0.2) is 32.1 Å². The zero-order valence-electron chi connectivity index (χ0n) is 15.8. The van der Waals surface area contributed by atoms with Gasteiger partial charge in [0.1, 0.15) is 0 Å². The summed E-state index contributed by atoms with van der Waals surface area (Å²) in [6.45, 7) is 5.51. The second kappa shape index (κ2) is 8.52. The Morgan fingerprint density at radius 2 is 1.62 bits per heavy atom. The van der Waals surface area contributed by atoms with Crippen molar-refractivity contribution in [3.63, 3.8) is 0 Å². The lowest BCUT2D eigenvalue weighted by molar-refractivity contribution is -0.145. The van der Waals surface area contributed by atoms with Crippen LogP contribution < -0.4 is 9.47 Å². The first-order valence-electron chi connectivity index (χ1n) is 8.37.